The van der Waals surface area contributed by atoms with Crippen LogP contribution in [0.4, 0.5) is 0 Å². The number of aromatic nitrogens is 1. The summed E-state index contributed by atoms with van der Waals surface area (Å²) in [5.41, 5.74) is 1.65. The van der Waals surface area contributed by atoms with E-state index in [1.165, 1.54) is 7.11 Å². The van der Waals surface area contributed by atoms with Crippen molar-refractivity contribution in [2.75, 3.05) is 20.3 Å². The first-order valence-corrected chi connectivity index (χ1v) is 10.7. The van der Waals surface area contributed by atoms with Crippen LogP contribution < -0.4 is 0 Å². The Morgan fingerprint density at radius 3 is 2.92 bits per heavy atom. The van der Waals surface area contributed by atoms with Gasteiger partial charge >= 0.3 is 5.97 Å². The maximum absolute atomic E-state index is 13.0. The van der Waals surface area contributed by atoms with Gasteiger partial charge in [-0.2, -0.15) is 0 Å². The maximum Gasteiger partial charge on any atom is 0.330 e. The number of ether oxygens (including phenoxy) is 2. The Balaban J connectivity index is 1.91. The van der Waals surface area contributed by atoms with Gasteiger partial charge in [-0.25, -0.2) is 9.78 Å². The molecule has 0 bridgehead atoms. The van der Waals surface area contributed by atoms with E-state index in [0.717, 1.165) is 25.0 Å². The average Bonchev–Trinajstić information content (AvgIpc) is 3.11. The molecule has 0 spiro atoms. The fourth-order valence-electron chi connectivity index (χ4n) is 3.59. The minimum atomic E-state index is -1.09. The molecule has 140 valence electrons. The van der Waals surface area contributed by atoms with Crippen LogP contribution in [0.3, 0.4) is 0 Å². The van der Waals surface area contributed by atoms with Crippen LogP contribution in [0, 0.1) is 0 Å². The lowest BCUT2D eigenvalue weighted by molar-refractivity contribution is -0.135. The fourth-order valence-corrected chi connectivity index (χ4v) is 5.86. The molecule has 2 aliphatic rings. The Labute approximate surface area is 160 Å². The zero-order chi connectivity index (χ0) is 18.7. The second kappa shape index (κ2) is 8.33. The summed E-state index contributed by atoms with van der Waals surface area (Å²) in [6.07, 6.45) is 4.04. The van der Waals surface area contributed by atoms with E-state index in [-0.39, 0.29) is 23.5 Å². The second-order valence-corrected chi connectivity index (χ2v) is 9.20. The van der Waals surface area contributed by atoms with Gasteiger partial charge in [0.2, 0.25) is 5.91 Å². The molecule has 1 fully saturated rings. The van der Waals surface area contributed by atoms with Crippen LogP contribution in [-0.4, -0.2) is 57.6 Å². The molecular formula is C18H23ClN2O4Si. The van der Waals surface area contributed by atoms with Gasteiger partial charge in [-0.15, -0.1) is 0 Å². The molecule has 3 rings (SSSR count). The van der Waals surface area contributed by atoms with Crippen LogP contribution in [-0.2, 0) is 19.1 Å². The average molecular weight is 395 g/mol. The number of esters is 1. The minimum Gasteiger partial charge on any atom is -0.466 e. The molecule has 0 radical (unpaired) electrons. The second-order valence-electron chi connectivity index (χ2n) is 6.71. The number of hydrogen-bond donors (Lipinski definition) is 0. The number of amides is 1. The van der Waals surface area contributed by atoms with Crippen molar-refractivity contribution in [3.05, 3.63) is 39.9 Å². The van der Waals surface area contributed by atoms with Gasteiger partial charge in [0, 0.05) is 30.1 Å². The van der Waals surface area contributed by atoms with Gasteiger partial charge in [-0.05, 0) is 36.9 Å². The first-order valence-electron chi connectivity index (χ1n) is 8.81. The summed E-state index contributed by atoms with van der Waals surface area (Å²) in [6, 6.07) is 3.61. The highest BCUT2D eigenvalue weighted by molar-refractivity contribution is 6.55. The van der Waals surface area contributed by atoms with Crippen molar-refractivity contribution in [3.8, 4) is 0 Å². The first kappa shape index (κ1) is 19.1. The third-order valence-corrected chi connectivity index (χ3v) is 7.76. The van der Waals surface area contributed by atoms with Gasteiger partial charge < -0.3 is 14.4 Å². The lowest BCUT2D eigenvalue weighted by Gasteiger charge is -2.26. The van der Waals surface area contributed by atoms with Crippen molar-refractivity contribution >= 4 is 33.0 Å². The predicted molar refractivity (Wildman–Crippen MR) is 101 cm³/mol. The van der Waals surface area contributed by atoms with E-state index in [1.807, 2.05) is 13.0 Å². The van der Waals surface area contributed by atoms with Gasteiger partial charge in [0.15, 0.2) is 0 Å². The number of halogens is 1. The van der Waals surface area contributed by atoms with Gasteiger partial charge in [0.25, 0.3) is 0 Å². The Hall–Kier alpha value is -1.70. The molecule has 1 aromatic heterocycles. The molecular weight excluding hydrogens is 372 g/mol. The van der Waals surface area contributed by atoms with Crippen molar-refractivity contribution in [2.24, 2.45) is 0 Å². The van der Waals surface area contributed by atoms with Gasteiger partial charge in [-0.1, -0.05) is 17.7 Å². The number of pyridine rings is 1. The molecule has 0 unspecified atom stereocenters. The Bertz CT molecular complexity index is 716. The predicted octanol–water partition coefficient (Wildman–Crippen LogP) is 1.76. The Morgan fingerprint density at radius 1 is 1.50 bits per heavy atom. The number of carbonyl (C=O) groups excluding carboxylic acids is 2. The topological polar surface area (TPSA) is 68.7 Å². The van der Waals surface area contributed by atoms with E-state index in [1.54, 1.807) is 17.2 Å². The SMILES string of the molecule is COC(=O)C1=C(C)N(C[C@H]2CCCO2)C(=O)C[C@@H](c2ccc(Cl)nc2)[SiH2]1. The number of nitrogens with zero attached hydrogens (tertiary/aromatic N) is 2. The summed E-state index contributed by atoms with van der Waals surface area (Å²) < 4.78 is 10.7. The number of rotatable bonds is 4. The summed E-state index contributed by atoms with van der Waals surface area (Å²) in [5, 5.41) is 1.08. The summed E-state index contributed by atoms with van der Waals surface area (Å²) >= 11 is 5.88. The molecule has 1 amide bonds. The molecule has 3 heterocycles. The molecule has 0 N–H and O–H groups in total. The van der Waals surface area contributed by atoms with Crippen molar-refractivity contribution in [1.29, 1.82) is 0 Å². The molecule has 0 aliphatic carbocycles. The third-order valence-electron chi connectivity index (χ3n) is 5.08. The quantitative estimate of drug-likeness (QED) is 0.442. The van der Waals surface area contributed by atoms with Gasteiger partial charge in [0.1, 0.15) is 5.15 Å². The Kier molecular flexibility index (Phi) is 6.11. The van der Waals surface area contributed by atoms with Crippen LogP contribution >= 0.6 is 11.6 Å². The summed E-state index contributed by atoms with van der Waals surface area (Å²) in [7, 11) is 0.291. The standard InChI is InChI=1S/C18H23ClN2O4Si/c1-11-17(18(23)24-2)26-14(12-5-6-15(19)20-9-12)8-16(22)21(11)10-13-4-3-7-25-13/h5-6,9,13-14H,3-4,7-8,10,26H2,1-2H3/t13-,14+/m1/s1. The minimum absolute atomic E-state index is 0.00851. The summed E-state index contributed by atoms with van der Waals surface area (Å²) in [6.45, 7) is 3.06. The van der Waals surface area contributed by atoms with Crippen molar-refractivity contribution < 1.29 is 19.1 Å². The zero-order valence-electron chi connectivity index (χ0n) is 15.0. The number of hydrogen-bond acceptors (Lipinski definition) is 5. The fraction of sp³-hybridized carbons (Fsp3) is 0.500. The molecule has 0 aromatic carbocycles. The number of methoxy groups -OCH3 is 1. The molecule has 2 atom stereocenters. The monoisotopic (exact) mass is 394 g/mol. The lowest BCUT2D eigenvalue weighted by Crippen LogP contribution is -2.36. The van der Waals surface area contributed by atoms with Crippen LogP contribution in [0.15, 0.2) is 29.2 Å². The van der Waals surface area contributed by atoms with E-state index in [2.05, 4.69) is 4.98 Å². The largest absolute Gasteiger partial charge is 0.466 e. The van der Waals surface area contributed by atoms with Crippen LogP contribution in [0.1, 0.15) is 37.3 Å². The lowest BCUT2D eigenvalue weighted by atomic mass is 10.1. The molecule has 0 saturated carbocycles. The van der Waals surface area contributed by atoms with E-state index >= 15 is 0 Å². The highest BCUT2D eigenvalue weighted by Crippen LogP contribution is 2.29. The molecule has 6 nitrogen and oxygen atoms in total. The van der Waals surface area contributed by atoms with Crippen molar-refractivity contribution in [3.63, 3.8) is 0 Å². The van der Waals surface area contributed by atoms with E-state index in [9.17, 15) is 9.59 Å². The summed E-state index contributed by atoms with van der Waals surface area (Å²) in [4.78, 5) is 31.2. The molecule has 1 saturated heterocycles. The van der Waals surface area contributed by atoms with E-state index in [0.29, 0.717) is 29.0 Å². The normalized spacial score (nSPS) is 24.9. The van der Waals surface area contributed by atoms with E-state index < -0.39 is 9.52 Å². The smallest absolute Gasteiger partial charge is 0.330 e. The molecule has 8 heteroatoms. The Morgan fingerprint density at radius 2 is 2.31 bits per heavy atom. The highest BCUT2D eigenvalue weighted by Gasteiger charge is 2.34. The van der Waals surface area contributed by atoms with Crippen molar-refractivity contribution in [1.82, 2.24) is 9.88 Å². The number of carbonyl (C=O) groups is 2. The van der Waals surface area contributed by atoms with Crippen LogP contribution in [0.5, 0.6) is 0 Å². The highest BCUT2D eigenvalue weighted by atomic mass is 35.5. The van der Waals surface area contributed by atoms with E-state index in [4.69, 9.17) is 21.1 Å². The van der Waals surface area contributed by atoms with Crippen LogP contribution in [0.25, 0.3) is 0 Å². The third kappa shape index (κ3) is 4.16. The van der Waals surface area contributed by atoms with Gasteiger partial charge in [0.05, 0.1) is 29.3 Å². The van der Waals surface area contributed by atoms with Crippen molar-refractivity contribution in [2.45, 2.75) is 37.8 Å². The number of allylic oxidation sites excluding steroid dienone is 1. The van der Waals surface area contributed by atoms with Gasteiger partial charge in [-0.3, -0.25) is 4.79 Å². The zero-order valence-corrected chi connectivity index (χ0v) is 17.2. The van der Waals surface area contributed by atoms with Crippen LogP contribution in [0.2, 0.25) is 5.15 Å². The molecule has 26 heavy (non-hydrogen) atoms. The first-order chi connectivity index (χ1) is 12.5. The molecule has 1 aromatic rings. The molecule has 2 aliphatic heterocycles. The maximum atomic E-state index is 13.0. The summed E-state index contributed by atoms with van der Waals surface area (Å²) in [5.74, 6) is -0.322.